The van der Waals surface area contributed by atoms with Crippen molar-refractivity contribution < 1.29 is 4.79 Å². The fraction of sp³-hybridized carbons (Fsp3) is 0.364. The molecule has 0 spiro atoms. The van der Waals surface area contributed by atoms with Gasteiger partial charge < -0.3 is 11.2 Å². The van der Waals surface area contributed by atoms with Crippen LogP contribution in [0.3, 0.4) is 0 Å². The van der Waals surface area contributed by atoms with Crippen LogP contribution >= 0.6 is 0 Å². The normalized spacial score (nSPS) is 19.4. The lowest BCUT2D eigenvalue weighted by Crippen LogP contribution is -2.26. The Morgan fingerprint density at radius 3 is 2.93 bits per heavy atom. The van der Waals surface area contributed by atoms with Crippen molar-refractivity contribution in [3.8, 4) is 0 Å². The molecule has 4 heteroatoms. The van der Waals surface area contributed by atoms with Gasteiger partial charge >= 0.3 is 0 Å². The van der Waals surface area contributed by atoms with Gasteiger partial charge in [-0.05, 0) is 36.5 Å². The van der Waals surface area contributed by atoms with Gasteiger partial charge in [0, 0.05) is 0 Å². The molecule has 0 fully saturated rings. The fourth-order valence-corrected chi connectivity index (χ4v) is 2.28. The number of nitrogen functional groups attached to an aromatic ring is 1. The summed E-state index contributed by atoms with van der Waals surface area (Å²) in [5.41, 5.74) is 11.1. The zero-order valence-corrected chi connectivity index (χ0v) is 8.49. The van der Waals surface area contributed by atoms with Gasteiger partial charge in [0.15, 0.2) is 0 Å². The van der Waals surface area contributed by atoms with Crippen LogP contribution in [0.2, 0.25) is 0 Å². The maximum atomic E-state index is 11.3. The lowest BCUT2D eigenvalue weighted by Gasteiger charge is -2.24. The summed E-state index contributed by atoms with van der Waals surface area (Å²) in [4.78, 5) is 11.3. The Bertz CT molecular complexity index is 389. The molecule has 15 heavy (non-hydrogen) atoms. The molecule has 4 nitrogen and oxygen atoms in total. The molecule has 1 atom stereocenters. The van der Waals surface area contributed by atoms with Crippen LogP contribution in [0, 0.1) is 0 Å². The number of amides is 1. The summed E-state index contributed by atoms with van der Waals surface area (Å²) in [6.07, 6.45) is 2.79. The van der Waals surface area contributed by atoms with Gasteiger partial charge in [-0.3, -0.25) is 10.6 Å². The van der Waals surface area contributed by atoms with Crippen LogP contribution in [0.25, 0.3) is 0 Å². The topological polar surface area (TPSA) is 81.1 Å². The molecule has 1 amide bonds. The van der Waals surface area contributed by atoms with Gasteiger partial charge in [0.1, 0.15) is 0 Å². The summed E-state index contributed by atoms with van der Waals surface area (Å²) < 4.78 is 0. The number of primary amides is 1. The molecule has 0 heterocycles. The molecule has 1 aliphatic rings. The largest absolute Gasteiger partial charge is 0.369 e. The maximum absolute atomic E-state index is 11.3. The van der Waals surface area contributed by atoms with E-state index in [4.69, 9.17) is 11.6 Å². The number of hydrazine groups is 1. The zero-order valence-electron chi connectivity index (χ0n) is 8.49. The highest BCUT2D eigenvalue weighted by atomic mass is 16.1. The molecule has 0 bridgehead atoms. The smallest absolute Gasteiger partial charge is 0.224 e. The summed E-state index contributed by atoms with van der Waals surface area (Å²) in [5, 5.41) is 0. The van der Waals surface area contributed by atoms with Gasteiger partial charge in [-0.1, -0.05) is 12.1 Å². The second-order valence-corrected chi connectivity index (χ2v) is 3.86. The van der Waals surface area contributed by atoms with Gasteiger partial charge in [-0.15, -0.1) is 0 Å². The Morgan fingerprint density at radius 1 is 1.47 bits per heavy atom. The van der Waals surface area contributed by atoms with E-state index in [2.05, 4.69) is 5.43 Å². The highest BCUT2D eigenvalue weighted by molar-refractivity contribution is 5.83. The molecule has 80 valence electrons. The number of rotatable bonds is 2. The number of benzene rings is 1. The molecular weight excluding hydrogens is 190 g/mol. The number of hydrogen-bond donors (Lipinski definition) is 3. The molecule has 0 radical (unpaired) electrons. The van der Waals surface area contributed by atoms with E-state index in [0.717, 1.165) is 36.1 Å². The Hall–Kier alpha value is -1.55. The van der Waals surface area contributed by atoms with E-state index in [1.807, 2.05) is 18.2 Å². The average molecular weight is 205 g/mol. The van der Waals surface area contributed by atoms with E-state index >= 15 is 0 Å². The van der Waals surface area contributed by atoms with Crippen molar-refractivity contribution in [2.24, 2.45) is 11.6 Å². The molecule has 1 aliphatic carbocycles. The third-order valence-corrected chi connectivity index (χ3v) is 3.01. The first kappa shape index (κ1) is 9.98. The maximum Gasteiger partial charge on any atom is 0.224 e. The third kappa shape index (κ3) is 1.68. The molecule has 1 aromatic carbocycles. The van der Waals surface area contributed by atoms with Crippen LogP contribution in [0.1, 0.15) is 29.9 Å². The van der Waals surface area contributed by atoms with Gasteiger partial charge in [0.2, 0.25) is 5.91 Å². The minimum absolute atomic E-state index is 0.151. The summed E-state index contributed by atoms with van der Waals surface area (Å²) in [7, 11) is 0. The average Bonchev–Trinajstić information content (AvgIpc) is 2.27. The Balaban J connectivity index is 2.48. The van der Waals surface area contributed by atoms with Crippen LogP contribution < -0.4 is 17.0 Å². The summed E-state index contributed by atoms with van der Waals surface area (Å²) in [6.45, 7) is 0. The molecule has 0 aromatic heterocycles. The van der Waals surface area contributed by atoms with Crippen molar-refractivity contribution >= 4 is 11.6 Å². The van der Waals surface area contributed by atoms with Crippen LogP contribution in [0.15, 0.2) is 18.2 Å². The fourth-order valence-electron chi connectivity index (χ4n) is 2.28. The first-order valence-electron chi connectivity index (χ1n) is 5.11. The summed E-state index contributed by atoms with van der Waals surface area (Å²) in [6, 6.07) is 5.78. The molecule has 1 aromatic rings. The number of anilines is 1. The van der Waals surface area contributed by atoms with E-state index < -0.39 is 0 Å². The van der Waals surface area contributed by atoms with Crippen molar-refractivity contribution in [3.63, 3.8) is 0 Å². The van der Waals surface area contributed by atoms with Crippen LogP contribution in [0.5, 0.6) is 0 Å². The van der Waals surface area contributed by atoms with Gasteiger partial charge in [-0.2, -0.15) is 0 Å². The van der Waals surface area contributed by atoms with Crippen LogP contribution in [-0.4, -0.2) is 5.91 Å². The zero-order chi connectivity index (χ0) is 10.8. The quantitative estimate of drug-likeness (QED) is 0.495. The van der Waals surface area contributed by atoms with Crippen molar-refractivity contribution in [2.75, 3.05) is 5.43 Å². The van der Waals surface area contributed by atoms with Gasteiger partial charge in [0.05, 0.1) is 11.6 Å². The monoisotopic (exact) mass is 205 g/mol. The number of hydrogen-bond acceptors (Lipinski definition) is 3. The molecule has 0 saturated heterocycles. The second-order valence-electron chi connectivity index (χ2n) is 3.86. The minimum atomic E-state index is -0.245. The van der Waals surface area contributed by atoms with Crippen LogP contribution in [0.4, 0.5) is 5.69 Å². The van der Waals surface area contributed by atoms with E-state index in [1.165, 1.54) is 0 Å². The number of nitrogens with two attached hydrogens (primary N) is 2. The van der Waals surface area contributed by atoms with Crippen molar-refractivity contribution in [1.29, 1.82) is 0 Å². The summed E-state index contributed by atoms with van der Waals surface area (Å²) in [5.74, 6) is 5.03. The molecule has 0 aliphatic heterocycles. The number of fused-ring (bicyclic) bond motifs is 1. The minimum Gasteiger partial charge on any atom is -0.369 e. The molecule has 1 unspecified atom stereocenters. The predicted molar refractivity (Wildman–Crippen MR) is 59.1 cm³/mol. The van der Waals surface area contributed by atoms with Crippen LogP contribution in [-0.2, 0) is 11.2 Å². The third-order valence-electron chi connectivity index (χ3n) is 3.01. The number of carbonyl (C=O) groups is 1. The first-order chi connectivity index (χ1) is 7.24. The Labute approximate surface area is 88.6 Å². The van der Waals surface area contributed by atoms with Gasteiger partial charge in [-0.25, -0.2) is 0 Å². The SMILES string of the molecule is NNc1cccc2c1CCCC2C(N)=O. The first-order valence-corrected chi connectivity index (χ1v) is 5.11. The van der Waals surface area contributed by atoms with Crippen molar-refractivity contribution in [3.05, 3.63) is 29.3 Å². The molecule has 2 rings (SSSR count). The Kier molecular flexibility index (Phi) is 2.60. The van der Waals surface area contributed by atoms with E-state index in [1.54, 1.807) is 0 Å². The molecule has 0 saturated carbocycles. The van der Waals surface area contributed by atoms with Gasteiger partial charge in [0.25, 0.3) is 0 Å². The number of nitrogens with one attached hydrogen (secondary N) is 1. The number of carbonyl (C=O) groups excluding carboxylic acids is 1. The predicted octanol–water partition coefficient (Wildman–Crippen LogP) is 0.877. The Morgan fingerprint density at radius 2 is 2.27 bits per heavy atom. The van der Waals surface area contributed by atoms with E-state index in [-0.39, 0.29) is 11.8 Å². The highest BCUT2D eigenvalue weighted by Gasteiger charge is 2.25. The lowest BCUT2D eigenvalue weighted by atomic mass is 9.82. The van der Waals surface area contributed by atoms with E-state index in [9.17, 15) is 4.79 Å². The van der Waals surface area contributed by atoms with E-state index in [0.29, 0.717) is 0 Å². The standard InChI is InChI=1S/C11H15N3O/c12-11(15)9-5-1-4-8-7(9)3-2-6-10(8)14-13/h2-3,6,9,14H,1,4-5,13H2,(H2,12,15). The van der Waals surface area contributed by atoms with Crippen molar-refractivity contribution in [2.45, 2.75) is 25.2 Å². The lowest BCUT2D eigenvalue weighted by molar-refractivity contribution is -0.119. The molecular formula is C11H15N3O. The summed E-state index contributed by atoms with van der Waals surface area (Å²) >= 11 is 0. The molecule has 5 N–H and O–H groups in total. The van der Waals surface area contributed by atoms with Crippen molar-refractivity contribution in [1.82, 2.24) is 0 Å². The second kappa shape index (κ2) is 3.90. The highest BCUT2D eigenvalue weighted by Crippen LogP contribution is 2.34.